The summed E-state index contributed by atoms with van der Waals surface area (Å²) in [6, 6.07) is 14.2. The number of hydrogen-bond acceptors (Lipinski definition) is 4. The van der Waals surface area contributed by atoms with Crippen molar-refractivity contribution in [1.82, 2.24) is 9.13 Å². The number of fused-ring (bicyclic) bond motifs is 1. The molecule has 0 saturated carbocycles. The van der Waals surface area contributed by atoms with Crippen molar-refractivity contribution in [3.8, 4) is 5.69 Å². The molecule has 0 aliphatic carbocycles. The molecule has 4 rings (SSSR count). The van der Waals surface area contributed by atoms with Gasteiger partial charge in [-0.1, -0.05) is 41.9 Å². The minimum atomic E-state index is -0.564. The van der Waals surface area contributed by atoms with Crippen molar-refractivity contribution in [2.24, 2.45) is 0 Å². The number of aromatic nitrogens is 2. The summed E-state index contributed by atoms with van der Waals surface area (Å²) in [4.78, 5) is 39.1. The molecule has 2 heterocycles. The summed E-state index contributed by atoms with van der Waals surface area (Å²) in [5, 5.41) is 4.94. The van der Waals surface area contributed by atoms with E-state index in [9.17, 15) is 14.4 Å². The Balaban J connectivity index is 1.83. The van der Waals surface area contributed by atoms with Crippen LogP contribution < -0.4 is 16.6 Å². The van der Waals surface area contributed by atoms with Gasteiger partial charge in [0.1, 0.15) is 11.2 Å². The molecular formula is C22H18ClN3O3S. The van der Waals surface area contributed by atoms with Crippen molar-refractivity contribution in [3.05, 3.63) is 90.9 Å². The lowest BCUT2D eigenvalue weighted by molar-refractivity contribution is -0.116. The van der Waals surface area contributed by atoms with Gasteiger partial charge >= 0.3 is 5.69 Å². The molecule has 0 atom stereocenters. The fraction of sp³-hybridized carbons (Fsp3) is 0.136. The highest BCUT2D eigenvalue weighted by molar-refractivity contribution is 7.17. The molecule has 30 heavy (non-hydrogen) atoms. The number of para-hydroxylation sites is 2. The van der Waals surface area contributed by atoms with Crippen LogP contribution in [0.4, 0.5) is 5.69 Å². The predicted octanol–water partition coefficient (Wildman–Crippen LogP) is 4.12. The van der Waals surface area contributed by atoms with Gasteiger partial charge in [-0.3, -0.25) is 14.2 Å². The SMILES string of the molecule is Cc1ccccc1-n1c(=O)c2sccc2n(CC(=O)Nc2c(C)cccc2Cl)c1=O. The molecule has 0 fully saturated rings. The zero-order valence-corrected chi connectivity index (χ0v) is 17.9. The molecular weight excluding hydrogens is 422 g/mol. The molecule has 4 aromatic rings. The fourth-order valence-electron chi connectivity index (χ4n) is 3.38. The Morgan fingerprint density at radius 1 is 1.03 bits per heavy atom. The van der Waals surface area contributed by atoms with Gasteiger partial charge in [0.05, 0.1) is 21.9 Å². The number of carbonyl (C=O) groups excluding carboxylic acids is 1. The summed E-state index contributed by atoms with van der Waals surface area (Å²) >= 11 is 7.44. The Labute approximate surface area is 181 Å². The molecule has 1 N–H and O–H groups in total. The minimum absolute atomic E-state index is 0.247. The summed E-state index contributed by atoms with van der Waals surface area (Å²) < 4.78 is 2.86. The van der Waals surface area contributed by atoms with Crippen molar-refractivity contribution in [3.63, 3.8) is 0 Å². The number of carbonyl (C=O) groups is 1. The minimum Gasteiger partial charge on any atom is -0.323 e. The summed E-state index contributed by atoms with van der Waals surface area (Å²) in [7, 11) is 0. The maximum atomic E-state index is 13.3. The number of nitrogens with zero attached hydrogens (tertiary/aromatic N) is 2. The summed E-state index contributed by atoms with van der Waals surface area (Å²) in [5.74, 6) is -0.407. The van der Waals surface area contributed by atoms with E-state index in [2.05, 4.69) is 5.32 Å². The second-order valence-electron chi connectivity index (χ2n) is 6.91. The highest BCUT2D eigenvalue weighted by Crippen LogP contribution is 2.25. The van der Waals surface area contributed by atoms with Crippen molar-refractivity contribution in [1.29, 1.82) is 0 Å². The van der Waals surface area contributed by atoms with E-state index in [1.165, 1.54) is 15.9 Å². The van der Waals surface area contributed by atoms with Crippen LogP contribution in [0.3, 0.4) is 0 Å². The van der Waals surface area contributed by atoms with Crippen LogP contribution in [0.5, 0.6) is 0 Å². The van der Waals surface area contributed by atoms with Gasteiger partial charge in [0.25, 0.3) is 5.56 Å². The first-order valence-electron chi connectivity index (χ1n) is 9.22. The van der Waals surface area contributed by atoms with Crippen LogP contribution in [0.2, 0.25) is 5.02 Å². The number of nitrogens with one attached hydrogen (secondary N) is 1. The second kappa shape index (κ2) is 7.93. The van der Waals surface area contributed by atoms with Crippen LogP contribution in [0.15, 0.2) is 63.5 Å². The second-order valence-corrected chi connectivity index (χ2v) is 8.23. The average molecular weight is 440 g/mol. The Kier molecular flexibility index (Phi) is 5.32. The van der Waals surface area contributed by atoms with Crippen LogP contribution in [0.1, 0.15) is 11.1 Å². The van der Waals surface area contributed by atoms with Crippen LogP contribution >= 0.6 is 22.9 Å². The first-order valence-corrected chi connectivity index (χ1v) is 10.5. The van der Waals surface area contributed by atoms with Gasteiger partial charge in [-0.15, -0.1) is 11.3 Å². The maximum absolute atomic E-state index is 13.3. The van der Waals surface area contributed by atoms with E-state index in [0.717, 1.165) is 15.7 Å². The molecule has 0 unspecified atom stereocenters. The molecule has 2 aromatic carbocycles. The van der Waals surface area contributed by atoms with E-state index < -0.39 is 17.2 Å². The van der Waals surface area contributed by atoms with Crippen LogP contribution in [-0.2, 0) is 11.3 Å². The molecule has 0 aliphatic rings. The van der Waals surface area contributed by atoms with Crippen LogP contribution in [0, 0.1) is 13.8 Å². The lowest BCUT2D eigenvalue weighted by Gasteiger charge is -2.14. The number of amides is 1. The average Bonchev–Trinajstić information content (AvgIpc) is 3.20. The molecule has 1 amide bonds. The van der Waals surface area contributed by atoms with E-state index in [1.807, 2.05) is 32.0 Å². The van der Waals surface area contributed by atoms with E-state index >= 15 is 0 Å². The van der Waals surface area contributed by atoms with Gasteiger partial charge < -0.3 is 5.32 Å². The molecule has 8 heteroatoms. The van der Waals surface area contributed by atoms with E-state index in [4.69, 9.17) is 11.6 Å². The van der Waals surface area contributed by atoms with E-state index in [0.29, 0.717) is 26.6 Å². The number of thiophene rings is 1. The van der Waals surface area contributed by atoms with Gasteiger partial charge in [0, 0.05) is 0 Å². The Hall–Kier alpha value is -3.16. The third-order valence-corrected chi connectivity index (χ3v) is 6.11. The Morgan fingerprint density at radius 3 is 2.50 bits per heavy atom. The van der Waals surface area contributed by atoms with E-state index in [-0.39, 0.29) is 6.54 Å². The number of aryl methyl sites for hydroxylation is 2. The normalized spacial score (nSPS) is 11.0. The highest BCUT2D eigenvalue weighted by Gasteiger charge is 2.19. The monoisotopic (exact) mass is 439 g/mol. The van der Waals surface area contributed by atoms with Gasteiger partial charge in [-0.25, -0.2) is 9.36 Å². The summed E-state index contributed by atoms with van der Waals surface area (Å²) in [6.45, 7) is 3.42. The highest BCUT2D eigenvalue weighted by atomic mass is 35.5. The number of rotatable bonds is 4. The first-order chi connectivity index (χ1) is 14.4. The zero-order chi connectivity index (χ0) is 21.4. The number of halogens is 1. The van der Waals surface area contributed by atoms with Gasteiger partial charge in [0.15, 0.2) is 0 Å². The third kappa shape index (κ3) is 3.46. The third-order valence-electron chi connectivity index (χ3n) is 4.90. The molecule has 2 aromatic heterocycles. The quantitative estimate of drug-likeness (QED) is 0.519. The topological polar surface area (TPSA) is 73.1 Å². The van der Waals surface area contributed by atoms with Crippen molar-refractivity contribution in [2.75, 3.05) is 5.32 Å². The summed E-state index contributed by atoms with van der Waals surface area (Å²) in [5.41, 5.74) is 2.09. The smallest absolute Gasteiger partial charge is 0.323 e. The van der Waals surface area contributed by atoms with Crippen molar-refractivity contribution >= 4 is 44.7 Å². The predicted molar refractivity (Wildman–Crippen MR) is 121 cm³/mol. The van der Waals surface area contributed by atoms with Crippen LogP contribution in [-0.4, -0.2) is 15.0 Å². The lowest BCUT2D eigenvalue weighted by atomic mass is 10.2. The lowest BCUT2D eigenvalue weighted by Crippen LogP contribution is -2.40. The van der Waals surface area contributed by atoms with Crippen LogP contribution in [0.25, 0.3) is 15.9 Å². The molecule has 152 valence electrons. The number of benzene rings is 2. The fourth-order valence-corrected chi connectivity index (χ4v) is 4.47. The first kappa shape index (κ1) is 20.1. The molecule has 0 bridgehead atoms. The largest absolute Gasteiger partial charge is 0.336 e. The molecule has 6 nitrogen and oxygen atoms in total. The molecule has 0 radical (unpaired) electrons. The van der Waals surface area contributed by atoms with E-state index in [1.54, 1.807) is 35.7 Å². The van der Waals surface area contributed by atoms with Gasteiger partial charge in [-0.2, -0.15) is 0 Å². The number of hydrogen-bond donors (Lipinski definition) is 1. The maximum Gasteiger partial charge on any atom is 0.336 e. The molecule has 0 spiro atoms. The Morgan fingerprint density at radius 2 is 1.77 bits per heavy atom. The molecule has 0 saturated heterocycles. The molecule has 0 aliphatic heterocycles. The zero-order valence-electron chi connectivity index (χ0n) is 16.3. The van der Waals surface area contributed by atoms with Crippen molar-refractivity contribution < 1.29 is 4.79 Å². The number of anilines is 1. The van der Waals surface area contributed by atoms with Gasteiger partial charge in [-0.05, 0) is 48.6 Å². The standard InChI is InChI=1S/C22H18ClN3O3S/c1-13-6-3-4-9-16(13)26-21(28)20-17(10-11-30-20)25(22(26)29)12-18(27)24-19-14(2)7-5-8-15(19)23/h3-11H,12H2,1-2H3,(H,24,27). The Bertz CT molecular complexity index is 1380. The van der Waals surface area contributed by atoms with Crippen molar-refractivity contribution in [2.45, 2.75) is 20.4 Å². The summed E-state index contributed by atoms with van der Waals surface area (Å²) in [6.07, 6.45) is 0. The van der Waals surface area contributed by atoms with Gasteiger partial charge in [0.2, 0.25) is 5.91 Å².